The van der Waals surface area contributed by atoms with Crippen molar-refractivity contribution >= 4 is 17.6 Å². The summed E-state index contributed by atoms with van der Waals surface area (Å²) in [6, 6.07) is 2.13. The lowest BCUT2D eigenvalue weighted by molar-refractivity contribution is 0.579. The van der Waals surface area contributed by atoms with E-state index in [1.54, 1.807) is 0 Å². The molecule has 0 saturated carbocycles. The molecule has 0 aliphatic carbocycles. The molecule has 0 spiro atoms. The van der Waals surface area contributed by atoms with Crippen LogP contribution in [-0.2, 0) is 0 Å². The van der Waals surface area contributed by atoms with Crippen LogP contribution in [-0.4, -0.2) is 75.4 Å². The van der Waals surface area contributed by atoms with Gasteiger partial charge < -0.3 is 25.3 Å². The molecule has 7 heteroatoms. The average Bonchev–Trinajstić information content (AvgIpc) is 2.71. The minimum atomic E-state index is 0.868. The Balaban J connectivity index is 0.000000646. The smallest absolute Gasteiger partial charge is 0.229 e. The number of aromatic nitrogens is 2. The fraction of sp³-hybridized carbons (Fsp3) is 0.800. The zero-order valence-electron chi connectivity index (χ0n) is 18.4. The van der Waals surface area contributed by atoms with Gasteiger partial charge in [-0.15, -0.1) is 0 Å². The normalized spacial score (nSPS) is 13.8. The molecule has 1 fully saturated rings. The molecule has 0 radical (unpaired) electrons. The molecule has 0 amide bonds. The summed E-state index contributed by atoms with van der Waals surface area (Å²) < 4.78 is 0. The van der Waals surface area contributed by atoms with Gasteiger partial charge in [0.05, 0.1) is 0 Å². The monoisotopic (exact) mass is 379 g/mol. The second-order valence-electron chi connectivity index (χ2n) is 6.42. The summed E-state index contributed by atoms with van der Waals surface area (Å²) in [4.78, 5) is 16.5. The molecular weight excluding hydrogens is 338 g/mol. The number of piperazine rings is 1. The van der Waals surface area contributed by atoms with Crippen molar-refractivity contribution in [3.8, 4) is 0 Å². The molecule has 2 N–H and O–H groups in total. The maximum atomic E-state index is 4.84. The molecule has 1 aliphatic rings. The molecule has 0 aromatic carbocycles. The van der Waals surface area contributed by atoms with Crippen molar-refractivity contribution in [3.63, 3.8) is 0 Å². The second kappa shape index (κ2) is 13.6. The van der Waals surface area contributed by atoms with Crippen molar-refractivity contribution in [2.24, 2.45) is 0 Å². The quantitative estimate of drug-likeness (QED) is 0.682. The highest BCUT2D eigenvalue weighted by molar-refractivity contribution is 5.55. The maximum Gasteiger partial charge on any atom is 0.229 e. The number of nitrogens with one attached hydrogen (secondary N) is 2. The molecule has 156 valence electrons. The van der Waals surface area contributed by atoms with Crippen LogP contribution < -0.4 is 25.3 Å². The van der Waals surface area contributed by atoms with E-state index in [0.29, 0.717) is 0 Å². The number of nitrogens with zero attached hydrogens (tertiary/aromatic N) is 5. The topological polar surface area (TPSA) is 59.6 Å². The molecule has 0 atom stereocenters. The lowest BCUT2D eigenvalue weighted by Crippen LogP contribution is -2.44. The van der Waals surface area contributed by atoms with E-state index < -0.39 is 0 Å². The van der Waals surface area contributed by atoms with Crippen molar-refractivity contribution in [3.05, 3.63) is 6.07 Å². The van der Waals surface area contributed by atoms with Gasteiger partial charge in [0, 0.05) is 58.4 Å². The van der Waals surface area contributed by atoms with E-state index >= 15 is 0 Å². The third-order valence-corrected chi connectivity index (χ3v) is 4.76. The molecule has 1 aliphatic heterocycles. The van der Waals surface area contributed by atoms with Gasteiger partial charge in [0.15, 0.2) is 0 Å². The van der Waals surface area contributed by atoms with Gasteiger partial charge in [-0.05, 0) is 40.8 Å². The molecule has 7 nitrogen and oxygen atoms in total. The summed E-state index contributed by atoms with van der Waals surface area (Å²) in [5, 5.41) is 6.50. The molecule has 1 aromatic heterocycles. The van der Waals surface area contributed by atoms with Crippen LogP contribution in [0.3, 0.4) is 0 Å². The van der Waals surface area contributed by atoms with Crippen LogP contribution in [0.4, 0.5) is 17.6 Å². The van der Waals surface area contributed by atoms with E-state index in [0.717, 1.165) is 83.0 Å². The second-order valence-corrected chi connectivity index (χ2v) is 6.42. The van der Waals surface area contributed by atoms with Crippen molar-refractivity contribution < 1.29 is 0 Å². The van der Waals surface area contributed by atoms with Crippen LogP contribution >= 0.6 is 0 Å². The first-order valence-electron chi connectivity index (χ1n) is 10.7. The molecule has 1 saturated heterocycles. The van der Waals surface area contributed by atoms with Gasteiger partial charge in [-0.25, -0.2) is 0 Å². The van der Waals surface area contributed by atoms with Crippen molar-refractivity contribution in [1.29, 1.82) is 0 Å². The Hall–Kier alpha value is -1.60. The summed E-state index contributed by atoms with van der Waals surface area (Å²) in [5.74, 6) is 2.94. The van der Waals surface area contributed by atoms with E-state index in [1.165, 1.54) is 0 Å². The Morgan fingerprint density at radius 2 is 1.30 bits per heavy atom. The van der Waals surface area contributed by atoms with Gasteiger partial charge >= 0.3 is 0 Å². The molecule has 0 unspecified atom stereocenters. The van der Waals surface area contributed by atoms with Crippen molar-refractivity contribution in [1.82, 2.24) is 20.6 Å². The lowest BCUT2D eigenvalue weighted by atomic mass is 10.3. The Morgan fingerprint density at radius 3 is 1.63 bits per heavy atom. The zero-order valence-corrected chi connectivity index (χ0v) is 18.4. The van der Waals surface area contributed by atoms with Gasteiger partial charge in [0.1, 0.15) is 11.6 Å². The fourth-order valence-corrected chi connectivity index (χ4v) is 3.09. The largest absolute Gasteiger partial charge is 0.357 e. The third-order valence-electron chi connectivity index (χ3n) is 4.76. The summed E-state index contributed by atoms with van der Waals surface area (Å²) >= 11 is 0. The SMILES string of the molecule is CCN(CC)c1cc(N(CC)CC)nc(N2CCNCC2)n1.CCNCC. The average molecular weight is 380 g/mol. The molecule has 1 aromatic rings. The highest BCUT2D eigenvalue weighted by Gasteiger charge is 2.18. The standard InChI is InChI=1S/C16H30N6.C4H11N/c1-5-20(6-2)14-13-15(21(7-3)8-4)19-16(18-14)22-11-9-17-10-12-22;1-3-5-4-2/h13,17H,5-12H2,1-4H3;5H,3-4H2,1-2H3. The van der Waals surface area contributed by atoms with Crippen LogP contribution in [0.2, 0.25) is 0 Å². The molecule has 27 heavy (non-hydrogen) atoms. The molecular formula is C20H41N7. The zero-order chi connectivity index (χ0) is 20.1. The van der Waals surface area contributed by atoms with E-state index in [-0.39, 0.29) is 0 Å². The third kappa shape index (κ3) is 7.50. The van der Waals surface area contributed by atoms with E-state index in [1.807, 2.05) is 0 Å². The van der Waals surface area contributed by atoms with Crippen LogP contribution in [0.1, 0.15) is 41.5 Å². The summed E-state index contributed by atoms with van der Waals surface area (Å²) in [6.07, 6.45) is 0. The predicted octanol–water partition coefficient (Wildman–Crippen LogP) is 2.19. The fourth-order valence-electron chi connectivity index (χ4n) is 3.09. The van der Waals surface area contributed by atoms with Gasteiger partial charge in [-0.1, -0.05) is 13.8 Å². The van der Waals surface area contributed by atoms with E-state index in [4.69, 9.17) is 9.97 Å². The van der Waals surface area contributed by atoms with Crippen LogP contribution in [0, 0.1) is 0 Å². The maximum absolute atomic E-state index is 4.84. The highest BCUT2D eigenvalue weighted by atomic mass is 15.3. The Labute approximate surface area is 166 Å². The Kier molecular flexibility index (Phi) is 11.8. The Morgan fingerprint density at radius 1 is 0.852 bits per heavy atom. The number of hydrogen-bond donors (Lipinski definition) is 2. The number of rotatable bonds is 9. The summed E-state index contributed by atoms with van der Waals surface area (Å²) in [6.45, 7) is 22.9. The van der Waals surface area contributed by atoms with Gasteiger partial charge in [0.25, 0.3) is 0 Å². The van der Waals surface area contributed by atoms with Crippen LogP contribution in [0.25, 0.3) is 0 Å². The summed E-state index contributed by atoms with van der Waals surface area (Å²) in [5.41, 5.74) is 0. The van der Waals surface area contributed by atoms with E-state index in [2.05, 4.69) is 72.9 Å². The minimum Gasteiger partial charge on any atom is -0.357 e. The van der Waals surface area contributed by atoms with Gasteiger partial charge in [-0.2, -0.15) is 9.97 Å². The highest BCUT2D eigenvalue weighted by Crippen LogP contribution is 2.23. The Bertz CT molecular complexity index is 463. The first-order chi connectivity index (χ1) is 13.1. The molecule has 2 rings (SSSR count). The molecule has 0 bridgehead atoms. The van der Waals surface area contributed by atoms with Gasteiger partial charge in [0.2, 0.25) is 5.95 Å². The van der Waals surface area contributed by atoms with Crippen LogP contribution in [0.5, 0.6) is 0 Å². The number of anilines is 3. The predicted molar refractivity (Wildman–Crippen MR) is 118 cm³/mol. The first kappa shape index (κ1) is 23.4. The summed E-state index contributed by atoms with van der Waals surface area (Å²) in [7, 11) is 0. The van der Waals surface area contributed by atoms with Crippen molar-refractivity contribution in [2.45, 2.75) is 41.5 Å². The lowest BCUT2D eigenvalue weighted by Gasteiger charge is -2.30. The first-order valence-corrected chi connectivity index (χ1v) is 10.7. The van der Waals surface area contributed by atoms with Gasteiger partial charge in [-0.3, -0.25) is 0 Å². The van der Waals surface area contributed by atoms with E-state index in [9.17, 15) is 0 Å². The minimum absolute atomic E-state index is 0.868. The van der Waals surface area contributed by atoms with Crippen molar-refractivity contribution in [2.75, 3.05) is 80.1 Å². The van der Waals surface area contributed by atoms with Crippen LogP contribution in [0.15, 0.2) is 6.07 Å². The number of hydrogen-bond acceptors (Lipinski definition) is 7. The molecule has 2 heterocycles.